The van der Waals surface area contributed by atoms with E-state index in [2.05, 4.69) is 29.4 Å². The molecule has 1 aromatic heterocycles. The average molecular weight is 322 g/mol. The third kappa shape index (κ3) is 5.14. The molecule has 0 amide bonds. The number of hydrazone groups is 1. The molecule has 0 unspecified atom stereocenters. The highest BCUT2D eigenvalue weighted by molar-refractivity contribution is 7.14. The Morgan fingerprint density at radius 2 is 2.05 bits per heavy atom. The van der Waals surface area contributed by atoms with Gasteiger partial charge in [0.2, 0.25) is 5.13 Å². The molecule has 1 N–H and O–H groups in total. The highest BCUT2D eigenvalue weighted by Gasteiger charge is 2.04. The molecular formula is C16H20ClN3S. The molecule has 0 saturated heterocycles. The molecule has 2 rings (SSSR count). The van der Waals surface area contributed by atoms with E-state index in [9.17, 15) is 0 Å². The van der Waals surface area contributed by atoms with Crippen molar-refractivity contribution in [2.75, 3.05) is 5.43 Å². The second-order valence-corrected chi connectivity index (χ2v) is 6.26. The first-order valence-corrected chi connectivity index (χ1v) is 8.45. The fraction of sp³-hybridized carbons (Fsp3) is 0.375. The molecule has 112 valence electrons. The van der Waals surface area contributed by atoms with E-state index in [1.807, 2.05) is 29.6 Å². The van der Waals surface area contributed by atoms with Crippen LogP contribution in [-0.2, 0) is 0 Å². The lowest BCUT2D eigenvalue weighted by atomic mass is 10.1. The fourth-order valence-corrected chi connectivity index (χ4v) is 2.70. The maximum absolute atomic E-state index is 5.89. The third-order valence-corrected chi connectivity index (χ3v) is 4.13. The van der Waals surface area contributed by atoms with Gasteiger partial charge in [-0.1, -0.05) is 43.5 Å². The molecule has 0 saturated carbocycles. The van der Waals surface area contributed by atoms with E-state index in [1.54, 1.807) is 11.3 Å². The van der Waals surface area contributed by atoms with E-state index < -0.39 is 0 Å². The second-order valence-electron chi connectivity index (χ2n) is 4.96. The molecule has 0 atom stereocenters. The van der Waals surface area contributed by atoms with Gasteiger partial charge in [-0.3, -0.25) is 5.43 Å². The molecule has 0 fully saturated rings. The van der Waals surface area contributed by atoms with Gasteiger partial charge in [0.25, 0.3) is 0 Å². The van der Waals surface area contributed by atoms with E-state index in [-0.39, 0.29) is 0 Å². The SMILES string of the molecule is CCCCC/C(C)=N/Nc1nc(-c2ccc(Cl)cc2)cs1. The van der Waals surface area contributed by atoms with E-state index >= 15 is 0 Å². The monoisotopic (exact) mass is 321 g/mol. The van der Waals surface area contributed by atoms with E-state index in [0.717, 1.165) is 33.5 Å². The molecule has 5 heteroatoms. The van der Waals surface area contributed by atoms with Crippen molar-refractivity contribution in [3.05, 3.63) is 34.7 Å². The van der Waals surface area contributed by atoms with Crippen LogP contribution in [0.3, 0.4) is 0 Å². The molecule has 0 radical (unpaired) electrons. The van der Waals surface area contributed by atoms with Gasteiger partial charge in [0.05, 0.1) is 5.69 Å². The Hall–Kier alpha value is -1.39. The van der Waals surface area contributed by atoms with Gasteiger partial charge in [-0.2, -0.15) is 5.10 Å². The molecule has 0 aliphatic carbocycles. The predicted octanol–water partition coefficient (Wildman–Crippen LogP) is 5.83. The summed E-state index contributed by atoms with van der Waals surface area (Å²) < 4.78 is 0. The third-order valence-electron chi connectivity index (χ3n) is 3.13. The standard InChI is InChI=1S/C16H20ClN3S/c1-3-4-5-6-12(2)19-20-16-18-15(11-21-16)13-7-9-14(17)10-8-13/h7-11H,3-6H2,1-2H3,(H,18,20)/b19-12+. The first kappa shape index (κ1) is 16.0. The Balaban J connectivity index is 1.94. The lowest BCUT2D eigenvalue weighted by Crippen LogP contribution is -1.97. The van der Waals surface area contributed by atoms with Crippen LogP contribution in [-0.4, -0.2) is 10.7 Å². The van der Waals surface area contributed by atoms with Crippen LogP contribution >= 0.6 is 22.9 Å². The van der Waals surface area contributed by atoms with Crippen molar-refractivity contribution in [1.82, 2.24) is 4.98 Å². The second kappa shape index (κ2) is 8.15. The molecule has 2 aromatic rings. The number of nitrogens with one attached hydrogen (secondary N) is 1. The largest absolute Gasteiger partial charge is 0.253 e. The van der Waals surface area contributed by atoms with E-state index in [0.29, 0.717) is 0 Å². The minimum Gasteiger partial charge on any atom is -0.253 e. The molecule has 0 aliphatic heterocycles. The minimum atomic E-state index is 0.736. The van der Waals surface area contributed by atoms with Crippen molar-refractivity contribution >= 4 is 33.8 Å². The summed E-state index contributed by atoms with van der Waals surface area (Å²) in [6, 6.07) is 7.69. The van der Waals surface area contributed by atoms with Gasteiger partial charge in [0, 0.05) is 21.7 Å². The highest BCUT2D eigenvalue weighted by Crippen LogP contribution is 2.25. The van der Waals surface area contributed by atoms with Gasteiger partial charge >= 0.3 is 0 Å². The predicted molar refractivity (Wildman–Crippen MR) is 93.4 cm³/mol. The van der Waals surface area contributed by atoms with Gasteiger partial charge in [0.15, 0.2) is 0 Å². The van der Waals surface area contributed by atoms with Crippen molar-refractivity contribution in [3.8, 4) is 11.3 Å². The maximum atomic E-state index is 5.89. The van der Waals surface area contributed by atoms with Crippen LogP contribution in [0.25, 0.3) is 11.3 Å². The Morgan fingerprint density at radius 3 is 2.76 bits per heavy atom. The van der Waals surface area contributed by atoms with Gasteiger partial charge in [-0.05, 0) is 31.9 Å². The Morgan fingerprint density at radius 1 is 1.29 bits per heavy atom. The van der Waals surface area contributed by atoms with Crippen LogP contribution in [0.1, 0.15) is 39.5 Å². The van der Waals surface area contributed by atoms with Crippen LogP contribution in [0, 0.1) is 0 Å². The van der Waals surface area contributed by atoms with E-state index in [4.69, 9.17) is 11.6 Å². The molecule has 1 heterocycles. The Kier molecular flexibility index (Phi) is 6.21. The normalized spacial score (nSPS) is 11.7. The van der Waals surface area contributed by atoms with Gasteiger partial charge in [0.1, 0.15) is 0 Å². The lowest BCUT2D eigenvalue weighted by molar-refractivity contribution is 0.740. The summed E-state index contributed by atoms with van der Waals surface area (Å²) in [6.07, 6.45) is 4.72. The first-order chi connectivity index (χ1) is 10.2. The number of rotatable bonds is 7. The zero-order chi connectivity index (χ0) is 15.1. The maximum Gasteiger partial charge on any atom is 0.203 e. The highest BCUT2D eigenvalue weighted by atomic mass is 35.5. The number of benzene rings is 1. The van der Waals surface area contributed by atoms with Crippen molar-refractivity contribution in [2.24, 2.45) is 5.10 Å². The summed E-state index contributed by atoms with van der Waals surface area (Å²) in [5.74, 6) is 0. The van der Waals surface area contributed by atoms with Crippen LogP contribution in [0.5, 0.6) is 0 Å². The molecule has 1 aromatic carbocycles. The molecular weight excluding hydrogens is 302 g/mol. The number of hydrogen-bond donors (Lipinski definition) is 1. The number of thiazole rings is 1. The summed E-state index contributed by atoms with van der Waals surface area (Å²) in [5, 5.41) is 7.95. The quantitative estimate of drug-likeness (QED) is 0.395. The van der Waals surface area contributed by atoms with E-state index in [1.165, 1.54) is 19.3 Å². The van der Waals surface area contributed by atoms with Crippen LogP contribution < -0.4 is 5.43 Å². The molecule has 0 aliphatic rings. The molecule has 21 heavy (non-hydrogen) atoms. The summed E-state index contributed by atoms with van der Waals surface area (Å²) in [6.45, 7) is 4.26. The summed E-state index contributed by atoms with van der Waals surface area (Å²) >= 11 is 7.45. The average Bonchev–Trinajstić information content (AvgIpc) is 2.95. The van der Waals surface area contributed by atoms with Crippen LogP contribution in [0.2, 0.25) is 5.02 Å². The summed E-state index contributed by atoms with van der Waals surface area (Å²) in [7, 11) is 0. The lowest BCUT2D eigenvalue weighted by Gasteiger charge is -2.00. The number of hydrogen-bond acceptors (Lipinski definition) is 4. The van der Waals surface area contributed by atoms with Gasteiger partial charge in [-0.25, -0.2) is 4.98 Å². The van der Waals surface area contributed by atoms with Crippen molar-refractivity contribution < 1.29 is 0 Å². The zero-order valence-electron chi connectivity index (χ0n) is 12.4. The summed E-state index contributed by atoms with van der Waals surface area (Å²) in [4.78, 5) is 4.54. The number of aromatic nitrogens is 1. The van der Waals surface area contributed by atoms with Crippen LogP contribution in [0.15, 0.2) is 34.7 Å². The fourth-order valence-electron chi connectivity index (χ4n) is 1.91. The Bertz CT molecular complexity index is 590. The number of unbranched alkanes of at least 4 members (excludes halogenated alkanes) is 2. The Labute approximate surface area is 135 Å². The number of anilines is 1. The summed E-state index contributed by atoms with van der Waals surface area (Å²) in [5.41, 5.74) is 6.16. The van der Waals surface area contributed by atoms with Crippen molar-refractivity contribution in [2.45, 2.75) is 39.5 Å². The number of halogens is 1. The topological polar surface area (TPSA) is 37.3 Å². The van der Waals surface area contributed by atoms with Gasteiger partial charge < -0.3 is 0 Å². The molecule has 3 nitrogen and oxygen atoms in total. The first-order valence-electron chi connectivity index (χ1n) is 7.19. The van der Waals surface area contributed by atoms with Gasteiger partial charge in [-0.15, -0.1) is 11.3 Å². The van der Waals surface area contributed by atoms with Crippen molar-refractivity contribution in [1.29, 1.82) is 0 Å². The zero-order valence-corrected chi connectivity index (χ0v) is 14.0. The molecule has 0 spiro atoms. The minimum absolute atomic E-state index is 0.736. The number of nitrogens with zero attached hydrogens (tertiary/aromatic N) is 2. The van der Waals surface area contributed by atoms with Crippen molar-refractivity contribution in [3.63, 3.8) is 0 Å². The van der Waals surface area contributed by atoms with Crippen LogP contribution in [0.4, 0.5) is 5.13 Å². The smallest absolute Gasteiger partial charge is 0.203 e. The molecule has 0 bridgehead atoms.